The van der Waals surface area contributed by atoms with E-state index in [9.17, 15) is 14.7 Å². The van der Waals surface area contributed by atoms with Crippen LogP contribution in [0.1, 0.15) is 38.3 Å². The van der Waals surface area contributed by atoms with E-state index in [1.165, 1.54) is 0 Å². The van der Waals surface area contributed by atoms with Gasteiger partial charge in [-0.25, -0.2) is 9.59 Å². The van der Waals surface area contributed by atoms with E-state index < -0.39 is 18.2 Å². The van der Waals surface area contributed by atoms with E-state index in [4.69, 9.17) is 42.1 Å². The van der Waals surface area contributed by atoms with E-state index >= 15 is 0 Å². The Hall–Kier alpha value is -2.52. The minimum absolute atomic E-state index is 0.204. The molecule has 0 aliphatic heterocycles. The Labute approximate surface area is 228 Å². The van der Waals surface area contributed by atoms with E-state index in [0.717, 1.165) is 11.1 Å². The number of hydrogen-bond acceptors (Lipinski definition) is 6. The summed E-state index contributed by atoms with van der Waals surface area (Å²) in [5.74, 6) is -0.386. The lowest BCUT2D eigenvalue weighted by Gasteiger charge is -2.24. The molecule has 37 heavy (non-hydrogen) atoms. The molecular weight excluding hydrogens is 521 g/mol. The Morgan fingerprint density at radius 1 is 0.973 bits per heavy atom. The molecule has 0 radical (unpaired) electrons. The van der Waals surface area contributed by atoms with Crippen molar-refractivity contribution in [1.29, 1.82) is 0 Å². The number of ether oxygens (including phenoxy) is 4. The van der Waals surface area contributed by atoms with Gasteiger partial charge in [-0.15, -0.1) is 0 Å². The summed E-state index contributed by atoms with van der Waals surface area (Å²) in [4.78, 5) is 25.5. The van der Waals surface area contributed by atoms with Crippen LogP contribution in [-0.2, 0) is 32.0 Å². The molecule has 0 bridgehead atoms. The normalized spacial score (nSPS) is 12.6. The number of carbonyl (C=O) groups is 2. The maximum absolute atomic E-state index is 12.7. The van der Waals surface area contributed by atoms with Gasteiger partial charge < -0.3 is 29.0 Å². The van der Waals surface area contributed by atoms with Gasteiger partial charge >= 0.3 is 12.1 Å². The van der Waals surface area contributed by atoms with E-state index in [0.29, 0.717) is 55.1 Å². The summed E-state index contributed by atoms with van der Waals surface area (Å²) in [7, 11) is 0. The summed E-state index contributed by atoms with van der Waals surface area (Å²) in [5, 5.41) is 10.3. The summed E-state index contributed by atoms with van der Waals surface area (Å²) in [6.07, 6.45) is -0.553. The maximum atomic E-state index is 12.7. The average Bonchev–Trinajstić information content (AvgIpc) is 2.85. The lowest BCUT2D eigenvalue weighted by Crippen LogP contribution is -2.38. The van der Waals surface area contributed by atoms with Crippen molar-refractivity contribution in [2.75, 3.05) is 32.9 Å². The van der Waals surface area contributed by atoms with Crippen LogP contribution in [0.4, 0.5) is 4.79 Å². The Balaban J connectivity index is 1.87. The highest BCUT2D eigenvalue weighted by Gasteiger charge is 2.19. The second-order valence-electron chi connectivity index (χ2n) is 8.40. The lowest BCUT2D eigenvalue weighted by atomic mass is 10.1. The van der Waals surface area contributed by atoms with Crippen LogP contribution >= 0.6 is 23.2 Å². The number of nitrogens with zero attached hydrogens (tertiary/aromatic N) is 1. The van der Waals surface area contributed by atoms with Crippen LogP contribution in [0.15, 0.2) is 42.5 Å². The zero-order valence-electron chi connectivity index (χ0n) is 21.5. The summed E-state index contributed by atoms with van der Waals surface area (Å²) >= 11 is 12.1. The molecule has 204 valence electrons. The quantitative estimate of drug-likeness (QED) is 0.259. The fraction of sp³-hybridized carbons (Fsp3) is 0.481. The molecular formula is C27H35Cl2NO7. The van der Waals surface area contributed by atoms with Crippen molar-refractivity contribution in [1.82, 2.24) is 4.90 Å². The number of carboxylic acid groups (broad SMARTS) is 1. The summed E-state index contributed by atoms with van der Waals surface area (Å²) < 4.78 is 22.3. The van der Waals surface area contributed by atoms with Crippen LogP contribution in [-0.4, -0.2) is 67.2 Å². The minimum Gasteiger partial charge on any atom is -0.492 e. The van der Waals surface area contributed by atoms with E-state index in [1.54, 1.807) is 54.3 Å². The first-order valence-corrected chi connectivity index (χ1v) is 13.0. The first-order chi connectivity index (χ1) is 17.7. The molecule has 2 aromatic rings. The standard InChI is InChI=1S/C27H35Cl2NO7/c1-4-19(3)37-27(33)30(10-12-34-18-21-14-22(28)17-23(29)15-21)11-13-36-24-8-6-20(7-9-24)16-25(26(31)32)35-5-2/h6-9,14-15,17,19,25H,4-5,10-13,16,18H2,1-3H3,(H,31,32). The van der Waals surface area contributed by atoms with Crippen molar-refractivity contribution in [3.8, 4) is 5.75 Å². The zero-order valence-corrected chi connectivity index (χ0v) is 23.0. The van der Waals surface area contributed by atoms with Crippen molar-refractivity contribution in [3.05, 3.63) is 63.6 Å². The average molecular weight is 556 g/mol. The SMILES string of the molecule is CCOC(Cc1ccc(OCCN(CCOCc2cc(Cl)cc(Cl)c2)C(=O)OC(C)CC)cc1)C(=O)O. The summed E-state index contributed by atoms with van der Waals surface area (Å²) in [6.45, 7) is 7.34. The van der Waals surface area contributed by atoms with Gasteiger partial charge in [0.2, 0.25) is 0 Å². The Morgan fingerprint density at radius 2 is 1.62 bits per heavy atom. The smallest absolute Gasteiger partial charge is 0.410 e. The van der Waals surface area contributed by atoms with Gasteiger partial charge in [-0.05, 0) is 61.7 Å². The van der Waals surface area contributed by atoms with Crippen LogP contribution in [0.5, 0.6) is 5.75 Å². The molecule has 2 rings (SSSR count). The van der Waals surface area contributed by atoms with Crippen molar-refractivity contribution in [3.63, 3.8) is 0 Å². The van der Waals surface area contributed by atoms with Crippen LogP contribution in [0.3, 0.4) is 0 Å². The fourth-order valence-electron chi connectivity index (χ4n) is 3.31. The van der Waals surface area contributed by atoms with Crippen molar-refractivity contribution < 1.29 is 33.6 Å². The molecule has 1 amide bonds. The minimum atomic E-state index is -0.994. The van der Waals surface area contributed by atoms with Gasteiger partial charge in [-0.2, -0.15) is 0 Å². The molecule has 0 saturated heterocycles. The van der Waals surface area contributed by atoms with Gasteiger partial charge in [0.15, 0.2) is 6.10 Å². The number of halogens is 2. The fourth-order valence-corrected chi connectivity index (χ4v) is 3.88. The second kappa shape index (κ2) is 16.3. The van der Waals surface area contributed by atoms with Crippen LogP contribution < -0.4 is 4.74 Å². The Morgan fingerprint density at radius 3 is 2.22 bits per heavy atom. The van der Waals surface area contributed by atoms with Crippen molar-refractivity contribution in [2.24, 2.45) is 0 Å². The molecule has 0 aliphatic rings. The Bertz CT molecular complexity index is 967. The number of amides is 1. The van der Waals surface area contributed by atoms with E-state index in [-0.39, 0.29) is 19.1 Å². The maximum Gasteiger partial charge on any atom is 0.410 e. The highest BCUT2D eigenvalue weighted by atomic mass is 35.5. The molecule has 10 heteroatoms. The molecule has 0 spiro atoms. The Kier molecular flexibility index (Phi) is 13.6. The molecule has 0 aromatic heterocycles. The molecule has 0 heterocycles. The van der Waals surface area contributed by atoms with Gasteiger partial charge in [0, 0.05) is 29.6 Å². The topological polar surface area (TPSA) is 94.5 Å². The molecule has 0 aliphatic carbocycles. The number of benzene rings is 2. The molecule has 2 atom stereocenters. The number of aliphatic carboxylic acids is 1. The molecule has 0 fully saturated rings. The van der Waals surface area contributed by atoms with E-state index in [1.807, 2.05) is 13.8 Å². The number of rotatable bonds is 16. The number of carbonyl (C=O) groups excluding carboxylic acids is 1. The van der Waals surface area contributed by atoms with Gasteiger partial charge in [-0.3, -0.25) is 0 Å². The zero-order chi connectivity index (χ0) is 27.2. The van der Waals surface area contributed by atoms with Crippen LogP contribution in [0.2, 0.25) is 10.0 Å². The second-order valence-corrected chi connectivity index (χ2v) is 9.27. The molecule has 0 saturated carbocycles. The van der Waals surface area contributed by atoms with Crippen LogP contribution in [0.25, 0.3) is 0 Å². The molecule has 2 unspecified atom stereocenters. The first-order valence-electron chi connectivity index (χ1n) is 12.3. The summed E-state index contributed by atoms with van der Waals surface area (Å²) in [5.41, 5.74) is 1.67. The summed E-state index contributed by atoms with van der Waals surface area (Å²) in [6, 6.07) is 12.3. The predicted octanol–water partition coefficient (Wildman–Crippen LogP) is 5.86. The number of hydrogen-bond donors (Lipinski definition) is 1. The van der Waals surface area contributed by atoms with Crippen molar-refractivity contribution in [2.45, 2.75) is 52.4 Å². The molecule has 1 N–H and O–H groups in total. The monoisotopic (exact) mass is 555 g/mol. The predicted molar refractivity (Wildman–Crippen MR) is 143 cm³/mol. The van der Waals surface area contributed by atoms with Crippen LogP contribution in [0, 0.1) is 0 Å². The lowest BCUT2D eigenvalue weighted by molar-refractivity contribution is -0.149. The van der Waals surface area contributed by atoms with Gasteiger partial charge in [-0.1, -0.05) is 42.3 Å². The molecule has 2 aromatic carbocycles. The number of carboxylic acids is 1. The van der Waals surface area contributed by atoms with Gasteiger partial charge in [0.1, 0.15) is 18.5 Å². The van der Waals surface area contributed by atoms with Gasteiger partial charge in [0.25, 0.3) is 0 Å². The van der Waals surface area contributed by atoms with E-state index in [2.05, 4.69) is 0 Å². The molecule has 8 nitrogen and oxygen atoms in total. The third kappa shape index (κ3) is 11.6. The van der Waals surface area contributed by atoms with Crippen molar-refractivity contribution >= 4 is 35.3 Å². The van der Waals surface area contributed by atoms with Gasteiger partial charge in [0.05, 0.1) is 19.8 Å². The third-order valence-corrected chi connectivity index (χ3v) is 5.89. The first kappa shape index (κ1) is 30.7. The highest BCUT2D eigenvalue weighted by molar-refractivity contribution is 6.34. The highest BCUT2D eigenvalue weighted by Crippen LogP contribution is 2.19. The largest absolute Gasteiger partial charge is 0.492 e. The third-order valence-electron chi connectivity index (χ3n) is 5.45.